The zero-order chi connectivity index (χ0) is 13.7. The second-order valence-corrected chi connectivity index (χ2v) is 4.67. The van der Waals surface area contributed by atoms with Gasteiger partial charge < -0.3 is 9.47 Å². The van der Waals surface area contributed by atoms with Crippen LogP contribution in [0.25, 0.3) is 0 Å². The number of carbonyl (C=O) groups is 1. The molecule has 0 saturated carbocycles. The summed E-state index contributed by atoms with van der Waals surface area (Å²) in [4.78, 5) is 12.2. The first kappa shape index (κ1) is 14.7. The van der Waals surface area contributed by atoms with E-state index in [0.717, 1.165) is 17.5 Å². The molecule has 0 amide bonds. The first-order chi connectivity index (χ1) is 8.49. The highest BCUT2D eigenvalue weighted by atomic mass is 16.5. The zero-order valence-corrected chi connectivity index (χ0v) is 11.9. The predicted octanol–water partition coefficient (Wildman–Crippen LogP) is 3.31. The summed E-state index contributed by atoms with van der Waals surface area (Å²) in [6.45, 7) is 5.91. The largest absolute Gasteiger partial charge is 0.496 e. The average Bonchev–Trinajstić information content (AvgIpc) is 2.34. The van der Waals surface area contributed by atoms with Crippen LogP contribution >= 0.6 is 0 Å². The summed E-state index contributed by atoms with van der Waals surface area (Å²) in [7, 11) is 3.26. The molecular weight excluding hydrogens is 228 g/mol. The fraction of sp³-hybridized carbons (Fsp3) is 0.533. The quantitative estimate of drug-likeness (QED) is 0.727. The van der Waals surface area contributed by atoms with E-state index in [-0.39, 0.29) is 11.9 Å². The molecule has 0 aliphatic rings. The zero-order valence-electron chi connectivity index (χ0n) is 11.9. The van der Waals surface area contributed by atoms with Gasteiger partial charge in [0.05, 0.1) is 18.8 Å². The van der Waals surface area contributed by atoms with Gasteiger partial charge in [-0.05, 0) is 44.4 Å². The molecule has 0 aromatic heterocycles. The number of aryl methyl sites for hydroxylation is 2. The lowest BCUT2D eigenvalue weighted by molar-refractivity contribution is 0.0875. The van der Waals surface area contributed by atoms with Gasteiger partial charge in [0.25, 0.3) is 0 Å². The minimum Gasteiger partial charge on any atom is -0.496 e. The highest BCUT2D eigenvalue weighted by molar-refractivity contribution is 6.00. The third kappa shape index (κ3) is 3.57. The number of ketones is 1. The van der Waals surface area contributed by atoms with Crippen LogP contribution in [0.1, 0.15) is 41.3 Å². The molecule has 1 unspecified atom stereocenters. The molecular formula is C15H22O3. The van der Waals surface area contributed by atoms with Crippen LogP contribution in [0, 0.1) is 13.8 Å². The van der Waals surface area contributed by atoms with E-state index < -0.39 is 0 Å². The van der Waals surface area contributed by atoms with Crippen LogP contribution in [0.5, 0.6) is 5.75 Å². The molecule has 100 valence electrons. The molecule has 3 heteroatoms. The average molecular weight is 250 g/mol. The lowest BCUT2D eigenvalue weighted by Crippen LogP contribution is -2.10. The molecule has 1 aromatic rings. The fourth-order valence-electron chi connectivity index (χ4n) is 2.02. The van der Waals surface area contributed by atoms with Crippen LogP contribution in [0.15, 0.2) is 12.1 Å². The Morgan fingerprint density at radius 1 is 1.28 bits per heavy atom. The second kappa shape index (κ2) is 6.55. The normalized spacial score (nSPS) is 12.3. The Morgan fingerprint density at radius 3 is 2.50 bits per heavy atom. The first-order valence-electron chi connectivity index (χ1n) is 6.20. The van der Waals surface area contributed by atoms with Crippen molar-refractivity contribution in [2.75, 3.05) is 14.2 Å². The first-order valence-corrected chi connectivity index (χ1v) is 6.20. The van der Waals surface area contributed by atoms with Crippen molar-refractivity contribution in [2.45, 2.75) is 39.7 Å². The molecule has 0 bridgehead atoms. The minimum absolute atomic E-state index is 0.102. The Morgan fingerprint density at radius 2 is 1.94 bits per heavy atom. The number of benzene rings is 1. The fourth-order valence-corrected chi connectivity index (χ4v) is 2.02. The van der Waals surface area contributed by atoms with Crippen molar-refractivity contribution >= 4 is 5.78 Å². The summed E-state index contributed by atoms with van der Waals surface area (Å²) in [6.07, 6.45) is 1.31. The topological polar surface area (TPSA) is 35.5 Å². The van der Waals surface area contributed by atoms with Crippen molar-refractivity contribution < 1.29 is 14.3 Å². The van der Waals surface area contributed by atoms with E-state index in [0.29, 0.717) is 17.7 Å². The lowest BCUT2D eigenvalue weighted by atomic mass is 9.97. The Balaban J connectivity index is 2.91. The molecule has 1 aromatic carbocycles. The number of ether oxygens (including phenoxy) is 2. The summed E-state index contributed by atoms with van der Waals surface area (Å²) in [5.74, 6) is 0.788. The van der Waals surface area contributed by atoms with Crippen LogP contribution in [0.4, 0.5) is 0 Å². The van der Waals surface area contributed by atoms with Crippen molar-refractivity contribution in [3.63, 3.8) is 0 Å². The molecule has 1 rings (SSSR count). The van der Waals surface area contributed by atoms with Gasteiger partial charge in [0.15, 0.2) is 5.78 Å². The van der Waals surface area contributed by atoms with Gasteiger partial charge >= 0.3 is 0 Å². The van der Waals surface area contributed by atoms with Gasteiger partial charge in [-0.3, -0.25) is 4.79 Å². The molecule has 3 nitrogen and oxygen atoms in total. The number of hydrogen-bond acceptors (Lipinski definition) is 3. The van der Waals surface area contributed by atoms with Crippen molar-refractivity contribution in [1.29, 1.82) is 0 Å². The predicted molar refractivity (Wildman–Crippen MR) is 72.5 cm³/mol. The third-order valence-corrected chi connectivity index (χ3v) is 3.12. The minimum atomic E-state index is 0.102. The van der Waals surface area contributed by atoms with Gasteiger partial charge in [0.2, 0.25) is 0 Å². The summed E-state index contributed by atoms with van der Waals surface area (Å²) in [5, 5.41) is 0. The van der Waals surface area contributed by atoms with Crippen LogP contribution in [0.2, 0.25) is 0 Å². The van der Waals surface area contributed by atoms with Gasteiger partial charge in [-0.2, -0.15) is 0 Å². The number of Topliss-reactive ketones (excluding diaryl/α,β-unsaturated/α-hetero) is 1. The molecule has 0 heterocycles. The van der Waals surface area contributed by atoms with Gasteiger partial charge in [-0.25, -0.2) is 0 Å². The van der Waals surface area contributed by atoms with E-state index in [9.17, 15) is 4.79 Å². The molecule has 0 saturated heterocycles. The van der Waals surface area contributed by atoms with Gasteiger partial charge in [-0.1, -0.05) is 6.07 Å². The summed E-state index contributed by atoms with van der Waals surface area (Å²) in [6, 6.07) is 3.91. The van der Waals surface area contributed by atoms with Gasteiger partial charge in [0.1, 0.15) is 5.75 Å². The molecule has 0 N–H and O–H groups in total. The standard InChI is InChI=1S/C15H22O3/c1-10-8-11(2)15(14(9-10)18-5)13(16)7-6-12(3)17-4/h8-9,12H,6-7H2,1-5H3. The van der Waals surface area contributed by atoms with Crippen molar-refractivity contribution in [1.82, 2.24) is 0 Å². The van der Waals surface area contributed by atoms with Gasteiger partial charge in [-0.15, -0.1) is 0 Å². The molecule has 0 spiro atoms. The van der Waals surface area contributed by atoms with E-state index in [1.807, 2.05) is 32.9 Å². The molecule has 18 heavy (non-hydrogen) atoms. The molecule has 0 fully saturated rings. The van der Waals surface area contributed by atoms with E-state index in [2.05, 4.69) is 0 Å². The number of carbonyl (C=O) groups excluding carboxylic acids is 1. The SMILES string of the molecule is COc1cc(C)cc(C)c1C(=O)CCC(C)OC. The number of hydrogen-bond donors (Lipinski definition) is 0. The van der Waals surface area contributed by atoms with Crippen molar-refractivity contribution in [3.8, 4) is 5.75 Å². The summed E-state index contributed by atoms with van der Waals surface area (Å²) >= 11 is 0. The van der Waals surface area contributed by atoms with E-state index in [1.165, 1.54) is 0 Å². The highest BCUT2D eigenvalue weighted by Crippen LogP contribution is 2.26. The van der Waals surface area contributed by atoms with Crippen molar-refractivity contribution in [2.24, 2.45) is 0 Å². The highest BCUT2D eigenvalue weighted by Gasteiger charge is 2.16. The number of methoxy groups -OCH3 is 2. The third-order valence-electron chi connectivity index (χ3n) is 3.12. The molecule has 0 radical (unpaired) electrons. The molecule has 1 atom stereocenters. The maximum Gasteiger partial charge on any atom is 0.166 e. The Kier molecular flexibility index (Phi) is 5.35. The van der Waals surface area contributed by atoms with Crippen LogP contribution in [-0.4, -0.2) is 26.1 Å². The van der Waals surface area contributed by atoms with Crippen LogP contribution in [-0.2, 0) is 4.74 Å². The van der Waals surface area contributed by atoms with E-state index in [1.54, 1.807) is 14.2 Å². The summed E-state index contributed by atoms with van der Waals surface area (Å²) < 4.78 is 10.5. The maximum absolute atomic E-state index is 12.2. The Bertz CT molecular complexity index is 424. The van der Waals surface area contributed by atoms with E-state index >= 15 is 0 Å². The van der Waals surface area contributed by atoms with E-state index in [4.69, 9.17) is 9.47 Å². The monoisotopic (exact) mass is 250 g/mol. The summed E-state index contributed by atoms with van der Waals surface area (Å²) in [5.41, 5.74) is 2.78. The van der Waals surface area contributed by atoms with Crippen LogP contribution < -0.4 is 4.74 Å². The molecule has 0 aliphatic carbocycles. The lowest BCUT2D eigenvalue weighted by Gasteiger charge is -2.13. The number of rotatable bonds is 6. The van der Waals surface area contributed by atoms with Crippen LogP contribution in [0.3, 0.4) is 0 Å². The Hall–Kier alpha value is -1.35. The second-order valence-electron chi connectivity index (χ2n) is 4.67. The van der Waals surface area contributed by atoms with Gasteiger partial charge in [0, 0.05) is 13.5 Å². The van der Waals surface area contributed by atoms with Crippen molar-refractivity contribution in [3.05, 3.63) is 28.8 Å². The Labute approximate surface area is 109 Å². The maximum atomic E-state index is 12.2. The molecule has 0 aliphatic heterocycles. The smallest absolute Gasteiger partial charge is 0.166 e.